The van der Waals surface area contributed by atoms with Gasteiger partial charge in [0.1, 0.15) is 0 Å². The van der Waals surface area contributed by atoms with Gasteiger partial charge in [-0.25, -0.2) is 0 Å². The summed E-state index contributed by atoms with van der Waals surface area (Å²) >= 11 is 0. The van der Waals surface area contributed by atoms with Crippen molar-refractivity contribution >= 4 is 17.3 Å². The van der Waals surface area contributed by atoms with Crippen LogP contribution in [0, 0.1) is 0 Å². The molecular weight excluding hydrogens is 360 g/mol. The summed E-state index contributed by atoms with van der Waals surface area (Å²) in [5.41, 5.74) is 2.25. The first-order valence-corrected chi connectivity index (χ1v) is 9.08. The van der Waals surface area contributed by atoms with Crippen LogP contribution in [0.5, 0.6) is 17.2 Å². The quantitative estimate of drug-likeness (QED) is 0.788. The van der Waals surface area contributed by atoms with Gasteiger partial charge in [0.15, 0.2) is 11.5 Å². The second-order valence-corrected chi connectivity index (χ2v) is 6.51. The van der Waals surface area contributed by atoms with E-state index in [2.05, 4.69) is 10.2 Å². The zero-order chi connectivity index (χ0) is 20.1. The molecule has 2 aromatic carbocycles. The Morgan fingerprint density at radius 2 is 1.64 bits per heavy atom. The van der Waals surface area contributed by atoms with Gasteiger partial charge in [-0.3, -0.25) is 4.79 Å². The molecule has 1 amide bonds. The lowest BCUT2D eigenvalue weighted by Gasteiger charge is -2.19. The Morgan fingerprint density at radius 1 is 1.00 bits per heavy atom. The van der Waals surface area contributed by atoms with E-state index in [4.69, 9.17) is 18.9 Å². The topological polar surface area (TPSA) is 69.3 Å². The lowest BCUT2D eigenvalue weighted by Crippen LogP contribution is -2.22. The van der Waals surface area contributed by atoms with Gasteiger partial charge >= 0.3 is 0 Å². The minimum atomic E-state index is -0.257. The molecule has 0 aliphatic carbocycles. The van der Waals surface area contributed by atoms with E-state index < -0.39 is 0 Å². The lowest BCUT2D eigenvalue weighted by atomic mass is 10.1. The molecule has 0 saturated carbocycles. The maximum absolute atomic E-state index is 12.7. The Labute approximate surface area is 165 Å². The van der Waals surface area contributed by atoms with Crippen LogP contribution in [0.25, 0.3) is 0 Å². The number of carbonyl (C=O) groups excluding carboxylic acids is 1. The van der Waals surface area contributed by atoms with Crippen molar-refractivity contribution < 1.29 is 23.7 Å². The third-order valence-electron chi connectivity index (χ3n) is 4.90. The fourth-order valence-corrected chi connectivity index (χ4v) is 3.33. The molecule has 1 heterocycles. The Kier molecular flexibility index (Phi) is 6.26. The van der Waals surface area contributed by atoms with Gasteiger partial charge < -0.3 is 29.2 Å². The fourth-order valence-electron chi connectivity index (χ4n) is 3.33. The molecule has 1 unspecified atom stereocenters. The fraction of sp³-hybridized carbons (Fsp3) is 0.381. The highest BCUT2D eigenvalue weighted by Gasteiger charge is 2.22. The molecule has 2 aromatic rings. The summed E-state index contributed by atoms with van der Waals surface area (Å²) in [6.45, 7) is 1.85. The van der Waals surface area contributed by atoms with E-state index in [0.717, 1.165) is 25.2 Å². The van der Waals surface area contributed by atoms with E-state index in [9.17, 15) is 4.79 Å². The number of benzene rings is 2. The molecule has 1 N–H and O–H groups in total. The van der Waals surface area contributed by atoms with Crippen molar-refractivity contribution in [3.8, 4) is 17.2 Å². The third kappa shape index (κ3) is 4.14. The van der Waals surface area contributed by atoms with Crippen molar-refractivity contribution in [2.75, 3.05) is 51.7 Å². The second-order valence-electron chi connectivity index (χ2n) is 6.51. The molecule has 150 valence electrons. The molecule has 0 aromatic heterocycles. The number of hydrogen-bond donors (Lipinski definition) is 1. The Bertz CT molecular complexity index is 797. The van der Waals surface area contributed by atoms with Gasteiger partial charge in [0.05, 0.1) is 27.4 Å². The van der Waals surface area contributed by atoms with Gasteiger partial charge in [0.25, 0.3) is 5.91 Å². The molecule has 0 radical (unpaired) electrons. The van der Waals surface area contributed by atoms with Crippen LogP contribution in [0.2, 0.25) is 0 Å². The lowest BCUT2D eigenvalue weighted by molar-refractivity contribution is 0.102. The minimum absolute atomic E-state index is 0.257. The van der Waals surface area contributed by atoms with E-state index in [-0.39, 0.29) is 12.0 Å². The smallest absolute Gasteiger partial charge is 0.255 e. The number of anilines is 2. The highest BCUT2D eigenvalue weighted by Crippen LogP contribution is 2.38. The van der Waals surface area contributed by atoms with Gasteiger partial charge in [-0.2, -0.15) is 0 Å². The molecule has 7 nitrogen and oxygen atoms in total. The van der Waals surface area contributed by atoms with Crippen LogP contribution in [0.4, 0.5) is 11.4 Å². The largest absolute Gasteiger partial charge is 0.493 e. The monoisotopic (exact) mass is 386 g/mol. The molecular formula is C21H26N2O5. The number of hydrogen-bond acceptors (Lipinski definition) is 6. The molecule has 0 bridgehead atoms. The van der Waals surface area contributed by atoms with Gasteiger partial charge in [-0.1, -0.05) is 0 Å². The van der Waals surface area contributed by atoms with Crippen molar-refractivity contribution in [3.05, 3.63) is 42.0 Å². The normalized spacial score (nSPS) is 16.0. The molecule has 1 atom stereocenters. The summed E-state index contributed by atoms with van der Waals surface area (Å²) < 4.78 is 21.3. The maximum atomic E-state index is 12.7. The summed E-state index contributed by atoms with van der Waals surface area (Å²) in [4.78, 5) is 15.0. The summed E-state index contributed by atoms with van der Waals surface area (Å²) in [5, 5.41) is 2.90. The number of methoxy groups -OCH3 is 4. The van der Waals surface area contributed by atoms with Crippen molar-refractivity contribution in [2.45, 2.75) is 12.5 Å². The standard InChI is InChI=1S/C21H26N2O5/c1-25-17-9-10-23(13-17)16-7-5-15(6-8-16)22-21(24)14-11-18(26-2)20(28-4)19(12-14)27-3/h5-8,11-12,17H,9-10,13H2,1-4H3,(H,22,24). The highest BCUT2D eigenvalue weighted by molar-refractivity contribution is 6.05. The van der Waals surface area contributed by atoms with Crippen molar-refractivity contribution in [3.63, 3.8) is 0 Å². The summed E-state index contributed by atoms with van der Waals surface area (Å²) in [6.07, 6.45) is 1.30. The first kappa shape index (κ1) is 19.8. The van der Waals surface area contributed by atoms with Crippen molar-refractivity contribution in [1.82, 2.24) is 0 Å². The van der Waals surface area contributed by atoms with Crippen molar-refractivity contribution in [1.29, 1.82) is 0 Å². The Hall–Kier alpha value is -2.93. The van der Waals surface area contributed by atoms with Gasteiger partial charge in [-0.15, -0.1) is 0 Å². The van der Waals surface area contributed by atoms with Crippen LogP contribution in [0.1, 0.15) is 16.8 Å². The third-order valence-corrected chi connectivity index (χ3v) is 4.90. The van der Waals surface area contributed by atoms with E-state index in [1.54, 1.807) is 19.2 Å². The van der Waals surface area contributed by atoms with E-state index in [1.807, 2.05) is 24.3 Å². The van der Waals surface area contributed by atoms with Crippen molar-refractivity contribution in [2.24, 2.45) is 0 Å². The summed E-state index contributed by atoms with van der Waals surface area (Å²) in [7, 11) is 6.31. The number of ether oxygens (including phenoxy) is 4. The first-order chi connectivity index (χ1) is 13.6. The molecule has 28 heavy (non-hydrogen) atoms. The zero-order valence-electron chi connectivity index (χ0n) is 16.7. The molecule has 1 saturated heterocycles. The van der Waals surface area contributed by atoms with Gasteiger partial charge in [0, 0.05) is 37.1 Å². The SMILES string of the molecule is COc1cc(C(=O)Nc2ccc(N3CCC(OC)C3)cc2)cc(OC)c1OC. The molecule has 7 heteroatoms. The van der Waals surface area contributed by atoms with E-state index in [0.29, 0.717) is 28.5 Å². The number of nitrogens with one attached hydrogen (secondary N) is 1. The van der Waals surface area contributed by atoms with Crippen LogP contribution in [-0.4, -0.2) is 53.5 Å². The molecule has 3 rings (SSSR count). The zero-order valence-corrected chi connectivity index (χ0v) is 16.7. The number of carbonyl (C=O) groups is 1. The predicted octanol–water partition coefficient (Wildman–Crippen LogP) is 3.19. The van der Waals surface area contributed by atoms with Crippen LogP contribution >= 0.6 is 0 Å². The second kappa shape index (κ2) is 8.84. The molecule has 1 aliphatic rings. The maximum Gasteiger partial charge on any atom is 0.255 e. The van der Waals surface area contributed by atoms with Gasteiger partial charge in [-0.05, 0) is 42.8 Å². The average Bonchev–Trinajstić information content (AvgIpc) is 3.22. The Morgan fingerprint density at radius 3 is 2.14 bits per heavy atom. The summed E-state index contributed by atoms with van der Waals surface area (Å²) in [6, 6.07) is 11.0. The van der Waals surface area contributed by atoms with Crippen LogP contribution in [0.3, 0.4) is 0 Å². The van der Waals surface area contributed by atoms with Crippen LogP contribution in [-0.2, 0) is 4.74 Å². The number of nitrogens with zero attached hydrogens (tertiary/aromatic N) is 1. The summed E-state index contributed by atoms with van der Waals surface area (Å²) in [5.74, 6) is 1.06. The van der Waals surface area contributed by atoms with E-state index >= 15 is 0 Å². The minimum Gasteiger partial charge on any atom is -0.493 e. The van der Waals surface area contributed by atoms with Gasteiger partial charge in [0.2, 0.25) is 5.75 Å². The molecule has 1 aliphatic heterocycles. The predicted molar refractivity (Wildman–Crippen MR) is 108 cm³/mol. The Balaban J connectivity index is 1.73. The van der Waals surface area contributed by atoms with Crippen LogP contribution < -0.4 is 24.4 Å². The van der Waals surface area contributed by atoms with Crippen LogP contribution in [0.15, 0.2) is 36.4 Å². The first-order valence-electron chi connectivity index (χ1n) is 9.08. The molecule has 0 spiro atoms. The average molecular weight is 386 g/mol. The molecule has 1 fully saturated rings. The van der Waals surface area contributed by atoms with E-state index in [1.165, 1.54) is 21.3 Å². The number of amides is 1. The highest BCUT2D eigenvalue weighted by atomic mass is 16.5. The number of rotatable bonds is 7.